The zero-order chi connectivity index (χ0) is 19.7. The Morgan fingerprint density at radius 1 is 1.11 bits per heavy atom. The molecule has 0 unspecified atom stereocenters. The monoisotopic (exact) mass is 390 g/mol. The van der Waals surface area contributed by atoms with Crippen LogP contribution in [-0.4, -0.2) is 41.2 Å². The SMILES string of the molecule is CC(C)c1nc(N2CC[C@@H](C3CCN(Cc4cccc(F)c4F)CC3)C2)no1. The normalized spacial score (nSPS) is 21.8. The molecular formula is C21H28F2N4O. The van der Waals surface area contributed by atoms with E-state index in [2.05, 4.69) is 19.9 Å². The number of nitrogens with zero attached hydrogens (tertiary/aromatic N) is 4. The molecule has 0 bridgehead atoms. The zero-order valence-electron chi connectivity index (χ0n) is 16.6. The first-order chi connectivity index (χ1) is 13.5. The van der Waals surface area contributed by atoms with Crippen LogP contribution in [0, 0.1) is 23.5 Å². The molecule has 0 N–H and O–H groups in total. The second-order valence-electron chi connectivity index (χ2n) is 8.41. The Bertz CT molecular complexity index is 801. The van der Waals surface area contributed by atoms with Crippen LogP contribution < -0.4 is 4.90 Å². The molecule has 0 radical (unpaired) electrons. The van der Waals surface area contributed by atoms with Gasteiger partial charge in [0.25, 0.3) is 5.95 Å². The summed E-state index contributed by atoms with van der Waals surface area (Å²) in [5.74, 6) is 1.47. The number of hydrogen-bond acceptors (Lipinski definition) is 5. The van der Waals surface area contributed by atoms with Crippen molar-refractivity contribution in [2.75, 3.05) is 31.1 Å². The third kappa shape index (κ3) is 4.04. The molecule has 7 heteroatoms. The van der Waals surface area contributed by atoms with Crippen molar-refractivity contribution in [3.8, 4) is 0 Å². The second-order valence-corrected chi connectivity index (χ2v) is 8.41. The van der Waals surface area contributed by atoms with Gasteiger partial charge in [-0.25, -0.2) is 8.78 Å². The summed E-state index contributed by atoms with van der Waals surface area (Å²) < 4.78 is 32.7. The molecule has 0 aliphatic carbocycles. The van der Waals surface area contributed by atoms with E-state index in [9.17, 15) is 8.78 Å². The maximum Gasteiger partial charge on any atom is 0.266 e. The van der Waals surface area contributed by atoms with Gasteiger partial charge >= 0.3 is 0 Å². The number of halogens is 2. The van der Waals surface area contributed by atoms with Crippen molar-refractivity contribution in [2.45, 2.75) is 45.6 Å². The van der Waals surface area contributed by atoms with Crippen LogP contribution in [0.2, 0.25) is 0 Å². The molecule has 5 nitrogen and oxygen atoms in total. The van der Waals surface area contributed by atoms with E-state index in [4.69, 9.17) is 4.52 Å². The molecule has 1 atom stereocenters. The minimum Gasteiger partial charge on any atom is -0.338 e. The van der Waals surface area contributed by atoms with Crippen LogP contribution in [0.5, 0.6) is 0 Å². The lowest BCUT2D eigenvalue weighted by Gasteiger charge is -2.34. The Hall–Kier alpha value is -2.02. The van der Waals surface area contributed by atoms with Gasteiger partial charge in [0.1, 0.15) is 0 Å². The Kier molecular flexibility index (Phi) is 5.62. The molecule has 28 heavy (non-hydrogen) atoms. The summed E-state index contributed by atoms with van der Waals surface area (Å²) in [6.45, 7) is 8.37. The summed E-state index contributed by atoms with van der Waals surface area (Å²) >= 11 is 0. The molecule has 3 heterocycles. The van der Waals surface area contributed by atoms with Crippen LogP contribution in [0.25, 0.3) is 0 Å². The highest BCUT2D eigenvalue weighted by molar-refractivity contribution is 5.30. The molecule has 2 aliphatic heterocycles. The number of piperidine rings is 1. The van der Waals surface area contributed by atoms with Gasteiger partial charge in [-0.2, -0.15) is 4.98 Å². The smallest absolute Gasteiger partial charge is 0.266 e. The van der Waals surface area contributed by atoms with E-state index < -0.39 is 11.6 Å². The van der Waals surface area contributed by atoms with Gasteiger partial charge in [-0.15, -0.1) is 0 Å². The molecule has 2 aromatic rings. The van der Waals surface area contributed by atoms with Gasteiger partial charge in [-0.1, -0.05) is 26.0 Å². The molecule has 0 saturated carbocycles. The molecule has 152 valence electrons. The van der Waals surface area contributed by atoms with Crippen molar-refractivity contribution in [2.24, 2.45) is 11.8 Å². The van der Waals surface area contributed by atoms with Gasteiger partial charge in [0.15, 0.2) is 11.6 Å². The van der Waals surface area contributed by atoms with E-state index in [0.29, 0.717) is 35.8 Å². The topological polar surface area (TPSA) is 45.4 Å². The van der Waals surface area contributed by atoms with E-state index >= 15 is 0 Å². The van der Waals surface area contributed by atoms with Crippen molar-refractivity contribution in [3.63, 3.8) is 0 Å². The number of benzene rings is 1. The third-order valence-corrected chi connectivity index (χ3v) is 6.16. The number of aromatic nitrogens is 2. The van der Waals surface area contributed by atoms with E-state index in [0.717, 1.165) is 45.4 Å². The van der Waals surface area contributed by atoms with Crippen LogP contribution in [0.1, 0.15) is 50.5 Å². The van der Waals surface area contributed by atoms with Crippen LogP contribution in [0.4, 0.5) is 14.7 Å². The average molecular weight is 390 g/mol. The van der Waals surface area contributed by atoms with Crippen LogP contribution in [-0.2, 0) is 6.54 Å². The second kappa shape index (κ2) is 8.15. The van der Waals surface area contributed by atoms with E-state index in [1.165, 1.54) is 6.07 Å². The molecule has 1 aromatic heterocycles. The number of rotatable bonds is 5. The molecule has 0 amide bonds. The summed E-state index contributed by atoms with van der Waals surface area (Å²) in [7, 11) is 0. The predicted octanol–water partition coefficient (Wildman–Crippen LogP) is 4.21. The number of hydrogen-bond donors (Lipinski definition) is 0. The Morgan fingerprint density at radius 2 is 1.86 bits per heavy atom. The van der Waals surface area contributed by atoms with Crippen molar-refractivity contribution < 1.29 is 13.3 Å². The van der Waals surface area contributed by atoms with E-state index in [-0.39, 0.29) is 5.92 Å². The van der Waals surface area contributed by atoms with E-state index in [1.54, 1.807) is 12.1 Å². The van der Waals surface area contributed by atoms with Gasteiger partial charge < -0.3 is 9.42 Å². The zero-order valence-corrected chi connectivity index (χ0v) is 16.6. The highest BCUT2D eigenvalue weighted by atomic mass is 19.2. The average Bonchev–Trinajstić information content (AvgIpc) is 3.35. The minimum atomic E-state index is -0.763. The maximum absolute atomic E-state index is 13.9. The van der Waals surface area contributed by atoms with Gasteiger partial charge in [0.05, 0.1) is 0 Å². The summed E-state index contributed by atoms with van der Waals surface area (Å²) in [6, 6.07) is 4.43. The summed E-state index contributed by atoms with van der Waals surface area (Å²) in [5, 5.41) is 4.14. The summed E-state index contributed by atoms with van der Waals surface area (Å²) in [5.41, 5.74) is 0.448. The van der Waals surface area contributed by atoms with Crippen molar-refractivity contribution in [3.05, 3.63) is 41.3 Å². The molecule has 2 saturated heterocycles. The van der Waals surface area contributed by atoms with E-state index in [1.807, 2.05) is 13.8 Å². The molecule has 2 aliphatic rings. The lowest BCUT2D eigenvalue weighted by atomic mass is 9.83. The summed E-state index contributed by atoms with van der Waals surface area (Å²) in [6.07, 6.45) is 3.34. The first kappa shape index (κ1) is 19.3. The lowest BCUT2D eigenvalue weighted by Crippen LogP contribution is -2.36. The fraction of sp³-hybridized carbons (Fsp3) is 0.619. The highest BCUT2D eigenvalue weighted by Gasteiger charge is 2.33. The Morgan fingerprint density at radius 3 is 2.57 bits per heavy atom. The van der Waals surface area contributed by atoms with Gasteiger partial charge in [-0.05, 0) is 55.4 Å². The van der Waals surface area contributed by atoms with Crippen LogP contribution in [0.15, 0.2) is 22.7 Å². The maximum atomic E-state index is 13.9. The summed E-state index contributed by atoms with van der Waals surface area (Å²) in [4.78, 5) is 8.98. The molecular weight excluding hydrogens is 362 g/mol. The number of likely N-dealkylation sites (tertiary alicyclic amines) is 1. The standard InChI is InChI=1S/C21H28F2N4O/c1-14(2)20-24-21(25-28-20)27-11-8-16(13-27)15-6-9-26(10-7-15)12-17-4-3-5-18(22)19(17)23/h3-5,14-16H,6-13H2,1-2H3/t16-/m1/s1. The molecule has 2 fully saturated rings. The third-order valence-electron chi connectivity index (χ3n) is 6.16. The quantitative estimate of drug-likeness (QED) is 0.765. The van der Waals surface area contributed by atoms with Crippen LogP contribution >= 0.6 is 0 Å². The van der Waals surface area contributed by atoms with Crippen LogP contribution in [0.3, 0.4) is 0 Å². The molecule has 0 spiro atoms. The molecule has 4 rings (SSSR count). The van der Waals surface area contributed by atoms with Crippen molar-refractivity contribution in [1.82, 2.24) is 15.0 Å². The largest absolute Gasteiger partial charge is 0.338 e. The van der Waals surface area contributed by atoms with Crippen molar-refractivity contribution in [1.29, 1.82) is 0 Å². The predicted molar refractivity (Wildman–Crippen MR) is 103 cm³/mol. The first-order valence-electron chi connectivity index (χ1n) is 10.2. The first-order valence-corrected chi connectivity index (χ1v) is 10.2. The van der Waals surface area contributed by atoms with Gasteiger partial charge in [-0.3, -0.25) is 4.90 Å². The number of anilines is 1. The van der Waals surface area contributed by atoms with Crippen molar-refractivity contribution >= 4 is 5.95 Å². The fourth-order valence-electron chi connectivity index (χ4n) is 4.44. The van der Waals surface area contributed by atoms with Gasteiger partial charge in [0.2, 0.25) is 5.89 Å². The highest BCUT2D eigenvalue weighted by Crippen LogP contribution is 2.34. The fourth-order valence-corrected chi connectivity index (χ4v) is 4.44. The minimum absolute atomic E-state index is 0.243. The molecule has 1 aromatic carbocycles. The Labute approximate surface area is 164 Å². The Balaban J connectivity index is 1.29. The lowest BCUT2D eigenvalue weighted by molar-refractivity contribution is 0.145. The van der Waals surface area contributed by atoms with Gasteiger partial charge in [0, 0.05) is 31.1 Å².